The first kappa shape index (κ1) is 12.6. The van der Waals surface area contributed by atoms with Gasteiger partial charge in [0.05, 0.1) is 16.3 Å². The lowest BCUT2D eigenvalue weighted by atomic mass is 10.3. The van der Waals surface area contributed by atoms with Gasteiger partial charge in [0.1, 0.15) is 5.82 Å². The van der Waals surface area contributed by atoms with Gasteiger partial charge in [0.25, 0.3) is 5.56 Å². The fourth-order valence-electron chi connectivity index (χ4n) is 1.88. The van der Waals surface area contributed by atoms with Gasteiger partial charge in [-0.25, -0.2) is 10.1 Å². The summed E-state index contributed by atoms with van der Waals surface area (Å²) in [6.07, 6.45) is 7.58. The van der Waals surface area contributed by atoms with Gasteiger partial charge in [0, 0.05) is 18.5 Å². The zero-order valence-electron chi connectivity index (χ0n) is 10.8. The first-order chi connectivity index (χ1) is 9.74. The summed E-state index contributed by atoms with van der Waals surface area (Å²) >= 11 is 1.64. The SMILES string of the molecule is Cc1nccn1-c1ccsc1C=Cc1ccc(=O)[nH]n1. The summed E-state index contributed by atoms with van der Waals surface area (Å²) in [6.45, 7) is 1.97. The van der Waals surface area contributed by atoms with Gasteiger partial charge in [-0.3, -0.25) is 4.79 Å². The van der Waals surface area contributed by atoms with E-state index in [4.69, 9.17) is 0 Å². The quantitative estimate of drug-likeness (QED) is 0.803. The Morgan fingerprint density at radius 2 is 2.20 bits per heavy atom. The first-order valence-corrected chi connectivity index (χ1v) is 6.93. The van der Waals surface area contributed by atoms with E-state index >= 15 is 0 Å². The van der Waals surface area contributed by atoms with Crippen LogP contribution in [0.5, 0.6) is 0 Å². The Morgan fingerprint density at radius 1 is 1.30 bits per heavy atom. The molecule has 3 aromatic heterocycles. The number of rotatable bonds is 3. The van der Waals surface area contributed by atoms with E-state index in [9.17, 15) is 4.79 Å². The minimum Gasteiger partial charge on any atom is -0.303 e. The maximum atomic E-state index is 11.0. The lowest BCUT2D eigenvalue weighted by Crippen LogP contribution is -2.05. The number of H-pyrrole nitrogens is 1. The van der Waals surface area contributed by atoms with Crippen molar-refractivity contribution in [2.75, 3.05) is 0 Å². The highest BCUT2D eigenvalue weighted by Gasteiger charge is 2.06. The molecule has 0 bridgehead atoms. The largest absolute Gasteiger partial charge is 0.303 e. The predicted molar refractivity (Wildman–Crippen MR) is 80.0 cm³/mol. The van der Waals surface area contributed by atoms with Gasteiger partial charge in [-0.2, -0.15) is 5.10 Å². The average molecular weight is 284 g/mol. The normalized spacial score (nSPS) is 11.2. The molecular formula is C14H12N4OS. The van der Waals surface area contributed by atoms with Gasteiger partial charge in [-0.1, -0.05) is 0 Å². The van der Waals surface area contributed by atoms with E-state index in [1.54, 1.807) is 23.6 Å². The van der Waals surface area contributed by atoms with Crippen molar-refractivity contribution in [3.63, 3.8) is 0 Å². The molecule has 3 rings (SSSR count). The van der Waals surface area contributed by atoms with Crippen LogP contribution in [0.1, 0.15) is 16.4 Å². The highest BCUT2D eigenvalue weighted by atomic mass is 32.1. The molecule has 0 saturated carbocycles. The van der Waals surface area contributed by atoms with E-state index in [0.29, 0.717) is 5.69 Å². The third-order valence-electron chi connectivity index (χ3n) is 2.86. The predicted octanol–water partition coefficient (Wildman–Crippen LogP) is 2.50. The topological polar surface area (TPSA) is 63.6 Å². The second-order valence-corrected chi connectivity index (χ2v) is 5.14. The van der Waals surface area contributed by atoms with Crippen LogP contribution in [0.15, 0.2) is 40.8 Å². The number of aromatic nitrogens is 4. The Bertz CT molecular complexity index is 792. The first-order valence-electron chi connectivity index (χ1n) is 6.06. The maximum absolute atomic E-state index is 11.0. The Morgan fingerprint density at radius 3 is 2.90 bits per heavy atom. The Kier molecular flexibility index (Phi) is 3.30. The lowest BCUT2D eigenvalue weighted by Gasteiger charge is -2.03. The Labute approximate surface area is 119 Å². The number of hydrogen-bond acceptors (Lipinski definition) is 4. The fourth-order valence-corrected chi connectivity index (χ4v) is 2.66. The standard InChI is InChI=1S/C14H12N4OS/c1-10-15-7-8-18(10)12-6-9-20-13(12)4-2-11-3-5-14(19)17-16-11/h2-9H,1H3,(H,17,19). The van der Waals surface area contributed by atoms with Crippen LogP contribution in [0.4, 0.5) is 0 Å². The molecule has 3 heterocycles. The molecule has 100 valence electrons. The Hall–Kier alpha value is -2.47. The molecule has 20 heavy (non-hydrogen) atoms. The molecule has 0 aliphatic carbocycles. The minimum atomic E-state index is -0.201. The number of thiophene rings is 1. The zero-order valence-corrected chi connectivity index (χ0v) is 11.6. The average Bonchev–Trinajstić information content (AvgIpc) is 3.06. The van der Waals surface area contributed by atoms with E-state index < -0.39 is 0 Å². The van der Waals surface area contributed by atoms with E-state index in [2.05, 4.69) is 21.2 Å². The highest BCUT2D eigenvalue weighted by Crippen LogP contribution is 2.24. The summed E-state index contributed by atoms with van der Waals surface area (Å²) in [7, 11) is 0. The number of nitrogens with one attached hydrogen (secondary N) is 1. The molecule has 0 saturated heterocycles. The van der Waals surface area contributed by atoms with Crippen LogP contribution in [0.3, 0.4) is 0 Å². The molecule has 0 aromatic carbocycles. The second-order valence-electron chi connectivity index (χ2n) is 4.19. The number of hydrogen-bond donors (Lipinski definition) is 1. The monoisotopic (exact) mass is 284 g/mol. The fraction of sp³-hybridized carbons (Fsp3) is 0.0714. The van der Waals surface area contributed by atoms with E-state index in [1.165, 1.54) is 6.07 Å². The zero-order chi connectivity index (χ0) is 13.9. The van der Waals surface area contributed by atoms with Crippen LogP contribution in [0, 0.1) is 6.92 Å². The van der Waals surface area contributed by atoms with Gasteiger partial charge >= 0.3 is 0 Å². The van der Waals surface area contributed by atoms with Gasteiger partial charge in [-0.05, 0) is 36.6 Å². The summed E-state index contributed by atoms with van der Waals surface area (Å²) in [6, 6.07) is 5.20. The summed E-state index contributed by atoms with van der Waals surface area (Å²) in [5.41, 5.74) is 1.60. The van der Waals surface area contributed by atoms with Crippen molar-refractivity contribution < 1.29 is 0 Å². The summed E-state index contributed by atoms with van der Waals surface area (Å²) in [4.78, 5) is 16.3. The van der Waals surface area contributed by atoms with Crippen LogP contribution < -0.4 is 5.56 Å². The molecule has 0 atom stereocenters. The van der Waals surface area contributed by atoms with E-state index in [0.717, 1.165) is 16.4 Å². The van der Waals surface area contributed by atoms with Crippen molar-refractivity contribution >= 4 is 23.5 Å². The molecule has 0 spiro atoms. The molecular weight excluding hydrogens is 272 g/mol. The molecule has 0 aliphatic heterocycles. The maximum Gasteiger partial charge on any atom is 0.264 e. The van der Waals surface area contributed by atoms with Crippen molar-refractivity contribution in [3.05, 3.63) is 62.7 Å². The molecule has 0 unspecified atom stereocenters. The molecule has 3 aromatic rings. The van der Waals surface area contributed by atoms with Crippen LogP contribution in [0.25, 0.3) is 17.8 Å². The van der Waals surface area contributed by atoms with Crippen molar-refractivity contribution in [1.82, 2.24) is 19.7 Å². The minimum absolute atomic E-state index is 0.201. The van der Waals surface area contributed by atoms with Crippen molar-refractivity contribution in [1.29, 1.82) is 0 Å². The van der Waals surface area contributed by atoms with Gasteiger partial charge < -0.3 is 4.57 Å². The lowest BCUT2D eigenvalue weighted by molar-refractivity contribution is 0.976. The van der Waals surface area contributed by atoms with Crippen LogP contribution in [-0.2, 0) is 0 Å². The smallest absolute Gasteiger partial charge is 0.264 e. The number of imidazole rings is 1. The van der Waals surface area contributed by atoms with Crippen LogP contribution in [0.2, 0.25) is 0 Å². The molecule has 0 aliphatic rings. The second kappa shape index (κ2) is 5.26. The molecule has 0 radical (unpaired) electrons. The summed E-state index contributed by atoms with van der Waals surface area (Å²) in [5.74, 6) is 0.945. The van der Waals surface area contributed by atoms with Crippen molar-refractivity contribution in [2.45, 2.75) is 6.92 Å². The molecule has 0 fully saturated rings. The van der Waals surface area contributed by atoms with Crippen molar-refractivity contribution in [3.8, 4) is 5.69 Å². The third kappa shape index (κ3) is 2.46. The number of aromatic amines is 1. The summed E-state index contributed by atoms with van der Waals surface area (Å²) in [5, 5.41) is 8.40. The molecule has 5 nitrogen and oxygen atoms in total. The van der Waals surface area contributed by atoms with Crippen LogP contribution in [-0.4, -0.2) is 19.7 Å². The van der Waals surface area contributed by atoms with Crippen LogP contribution >= 0.6 is 11.3 Å². The third-order valence-corrected chi connectivity index (χ3v) is 3.74. The van der Waals surface area contributed by atoms with Gasteiger partial charge in [-0.15, -0.1) is 11.3 Å². The highest BCUT2D eigenvalue weighted by molar-refractivity contribution is 7.11. The molecule has 6 heteroatoms. The Balaban J connectivity index is 1.93. The molecule has 0 amide bonds. The number of nitrogens with zero attached hydrogens (tertiary/aromatic N) is 3. The van der Waals surface area contributed by atoms with Crippen molar-refractivity contribution in [2.24, 2.45) is 0 Å². The summed E-state index contributed by atoms with van der Waals surface area (Å²) < 4.78 is 2.04. The van der Waals surface area contributed by atoms with E-state index in [-0.39, 0.29) is 5.56 Å². The van der Waals surface area contributed by atoms with Gasteiger partial charge in [0.15, 0.2) is 0 Å². The number of aryl methyl sites for hydroxylation is 1. The van der Waals surface area contributed by atoms with E-state index in [1.807, 2.05) is 35.2 Å². The molecule has 1 N–H and O–H groups in total. The van der Waals surface area contributed by atoms with Gasteiger partial charge in [0.2, 0.25) is 0 Å².